The summed E-state index contributed by atoms with van der Waals surface area (Å²) in [5.41, 5.74) is 0.489. The lowest BCUT2D eigenvalue weighted by Gasteiger charge is -2.42. The fourth-order valence-corrected chi connectivity index (χ4v) is 4.41. The van der Waals surface area contributed by atoms with Gasteiger partial charge >= 0.3 is 0 Å². The molecule has 3 saturated heterocycles. The molecule has 0 bridgehead atoms. The fraction of sp³-hybridized carbons (Fsp3) is 0.444. The highest BCUT2D eigenvalue weighted by Crippen LogP contribution is 2.45. The highest BCUT2D eigenvalue weighted by molar-refractivity contribution is 5.94. The number of likely N-dealkylation sites (tertiary alicyclic amines) is 1. The van der Waals surface area contributed by atoms with E-state index in [0.717, 1.165) is 12.1 Å². The number of ether oxygens (including phenoxy) is 1. The van der Waals surface area contributed by atoms with Crippen molar-refractivity contribution in [3.05, 3.63) is 42.2 Å². The van der Waals surface area contributed by atoms with Gasteiger partial charge in [0.1, 0.15) is 0 Å². The van der Waals surface area contributed by atoms with Gasteiger partial charge in [-0.3, -0.25) is 9.59 Å². The minimum atomic E-state index is -0.638. The average Bonchev–Trinajstić information content (AvgIpc) is 3.35. The van der Waals surface area contributed by atoms with E-state index in [-0.39, 0.29) is 23.6 Å². The molecule has 2 amide bonds. The number of hydrogen-bond donors (Lipinski definition) is 0. The number of amides is 2. The van der Waals surface area contributed by atoms with E-state index in [0.29, 0.717) is 32.5 Å². The molecule has 8 heteroatoms. The SMILES string of the molecule is O=C(c1cn(-c2ccccc2)nn1)N1CC[C@@]23OCCCN2C(=O)C[C@@H]13. The van der Waals surface area contributed by atoms with Crippen LogP contribution in [0.5, 0.6) is 0 Å². The van der Waals surface area contributed by atoms with Gasteiger partial charge in [0.15, 0.2) is 11.4 Å². The quantitative estimate of drug-likeness (QED) is 0.799. The third-order valence-corrected chi connectivity index (χ3v) is 5.61. The van der Waals surface area contributed by atoms with E-state index in [1.54, 1.807) is 15.8 Å². The summed E-state index contributed by atoms with van der Waals surface area (Å²) in [6, 6.07) is 9.28. The number of nitrogens with zero attached hydrogens (tertiary/aromatic N) is 5. The number of aromatic nitrogens is 3. The number of carbonyl (C=O) groups is 2. The molecule has 2 atom stereocenters. The van der Waals surface area contributed by atoms with Crippen LogP contribution >= 0.6 is 0 Å². The second kappa shape index (κ2) is 5.63. The molecule has 0 N–H and O–H groups in total. The average molecular weight is 353 g/mol. The van der Waals surface area contributed by atoms with Crippen LogP contribution in [0.2, 0.25) is 0 Å². The van der Waals surface area contributed by atoms with Gasteiger partial charge in [-0.25, -0.2) is 4.68 Å². The Bertz CT molecular complexity index is 867. The molecule has 1 aromatic carbocycles. The number of benzene rings is 1. The maximum Gasteiger partial charge on any atom is 0.276 e. The minimum absolute atomic E-state index is 0.0696. The van der Waals surface area contributed by atoms with Crippen molar-refractivity contribution in [3.63, 3.8) is 0 Å². The van der Waals surface area contributed by atoms with Crippen LogP contribution in [0.3, 0.4) is 0 Å². The maximum atomic E-state index is 13.0. The monoisotopic (exact) mass is 353 g/mol. The summed E-state index contributed by atoms with van der Waals surface area (Å²) >= 11 is 0. The molecule has 0 saturated carbocycles. The van der Waals surface area contributed by atoms with Crippen molar-refractivity contribution in [2.75, 3.05) is 19.7 Å². The lowest BCUT2D eigenvalue weighted by atomic mass is 10.0. The van der Waals surface area contributed by atoms with E-state index >= 15 is 0 Å². The largest absolute Gasteiger partial charge is 0.353 e. The molecule has 3 fully saturated rings. The van der Waals surface area contributed by atoms with Gasteiger partial charge in [-0.05, 0) is 18.6 Å². The first-order valence-electron chi connectivity index (χ1n) is 8.92. The second-order valence-electron chi connectivity index (χ2n) is 6.94. The molecule has 4 heterocycles. The lowest BCUT2D eigenvalue weighted by molar-refractivity contribution is -0.179. The van der Waals surface area contributed by atoms with Gasteiger partial charge in [-0.2, -0.15) is 0 Å². The number of hydrogen-bond acceptors (Lipinski definition) is 5. The Kier molecular flexibility index (Phi) is 3.36. The van der Waals surface area contributed by atoms with Crippen molar-refractivity contribution in [1.82, 2.24) is 24.8 Å². The van der Waals surface area contributed by atoms with E-state index in [4.69, 9.17) is 4.74 Å². The number of rotatable bonds is 2. The van der Waals surface area contributed by atoms with Crippen LogP contribution in [0.4, 0.5) is 0 Å². The Morgan fingerprint density at radius 2 is 2.08 bits per heavy atom. The van der Waals surface area contributed by atoms with E-state index in [2.05, 4.69) is 10.3 Å². The first kappa shape index (κ1) is 15.5. The second-order valence-corrected chi connectivity index (χ2v) is 6.94. The van der Waals surface area contributed by atoms with Gasteiger partial charge in [0, 0.05) is 19.5 Å². The van der Waals surface area contributed by atoms with Crippen molar-refractivity contribution in [2.24, 2.45) is 0 Å². The third kappa shape index (κ3) is 2.11. The molecule has 0 unspecified atom stereocenters. The molecule has 3 aliphatic heterocycles. The van der Waals surface area contributed by atoms with Gasteiger partial charge in [-0.15, -0.1) is 5.10 Å². The lowest BCUT2D eigenvalue weighted by Crippen LogP contribution is -2.56. The van der Waals surface area contributed by atoms with Gasteiger partial charge in [0.2, 0.25) is 5.91 Å². The predicted molar refractivity (Wildman–Crippen MR) is 90.4 cm³/mol. The van der Waals surface area contributed by atoms with Crippen molar-refractivity contribution in [1.29, 1.82) is 0 Å². The fourth-order valence-electron chi connectivity index (χ4n) is 4.41. The molecule has 5 rings (SSSR count). The van der Waals surface area contributed by atoms with E-state index in [1.165, 1.54) is 0 Å². The van der Waals surface area contributed by atoms with E-state index in [1.807, 2.05) is 35.2 Å². The summed E-state index contributed by atoms with van der Waals surface area (Å²) in [6.07, 6.45) is 3.46. The molecular weight excluding hydrogens is 334 g/mol. The zero-order valence-electron chi connectivity index (χ0n) is 14.2. The normalized spacial score (nSPS) is 27.5. The van der Waals surface area contributed by atoms with Crippen LogP contribution in [-0.4, -0.2) is 68.1 Å². The van der Waals surface area contributed by atoms with Crippen LogP contribution in [-0.2, 0) is 9.53 Å². The summed E-state index contributed by atoms with van der Waals surface area (Å²) in [5.74, 6) is -0.127. The zero-order chi connectivity index (χ0) is 17.7. The standard InChI is InChI=1S/C18H19N5O3/c24-16-11-15-18(22(16)8-4-10-26-18)7-9-21(15)17(25)14-12-23(20-19-14)13-5-2-1-3-6-13/h1-3,5-6,12,15H,4,7-11H2/t15-,18+/m1/s1. The summed E-state index contributed by atoms with van der Waals surface area (Å²) < 4.78 is 7.63. The van der Waals surface area contributed by atoms with Crippen molar-refractivity contribution in [3.8, 4) is 5.69 Å². The first-order valence-corrected chi connectivity index (χ1v) is 8.92. The minimum Gasteiger partial charge on any atom is -0.353 e. The van der Waals surface area contributed by atoms with Crippen LogP contribution in [0, 0.1) is 0 Å². The molecule has 1 spiro atoms. The third-order valence-electron chi connectivity index (χ3n) is 5.61. The molecule has 26 heavy (non-hydrogen) atoms. The van der Waals surface area contributed by atoms with Crippen LogP contribution < -0.4 is 0 Å². The topological polar surface area (TPSA) is 80.6 Å². The van der Waals surface area contributed by atoms with E-state index < -0.39 is 5.72 Å². The predicted octanol–water partition coefficient (Wildman–Crippen LogP) is 0.831. The van der Waals surface area contributed by atoms with Crippen molar-refractivity contribution in [2.45, 2.75) is 31.0 Å². The Morgan fingerprint density at radius 1 is 1.23 bits per heavy atom. The van der Waals surface area contributed by atoms with Crippen LogP contribution in [0.1, 0.15) is 29.8 Å². The Hall–Kier alpha value is -2.74. The molecular formula is C18H19N5O3. The summed E-state index contributed by atoms with van der Waals surface area (Å²) in [6.45, 7) is 1.90. The Labute approximate surface area is 150 Å². The summed E-state index contributed by atoms with van der Waals surface area (Å²) in [7, 11) is 0. The number of carbonyl (C=O) groups excluding carboxylic acids is 2. The molecule has 8 nitrogen and oxygen atoms in total. The smallest absolute Gasteiger partial charge is 0.276 e. The van der Waals surface area contributed by atoms with Crippen molar-refractivity contribution < 1.29 is 14.3 Å². The highest BCUT2D eigenvalue weighted by Gasteiger charge is 2.61. The maximum absolute atomic E-state index is 13.0. The summed E-state index contributed by atoms with van der Waals surface area (Å²) in [4.78, 5) is 29.0. The molecule has 134 valence electrons. The van der Waals surface area contributed by atoms with Crippen LogP contribution in [0.25, 0.3) is 5.69 Å². The van der Waals surface area contributed by atoms with Gasteiger partial charge < -0.3 is 14.5 Å². The van der Waals surface area contributed by atoms with Crippen LogP contribution in [0.15, 0.2) is 36.5 Å². The van der Waals surface area contributed by atoms with Gasteiger partial charge in [0.05, 0.1) is 31.0 Å². The van der Waals surface area contributed by atoms with Gasteiger partial charge in [-0.1, -0.05) is 23.4 Å². The van der Waals surface area contributed by atoms with Gasteiger partial charge in [0.25, 0.3) is 5.91 Å². The van der Waals surface area contributed by atoms with Crippen molar-refractivity contribution >= 4 is 11.8 Å². The number of para-hydroxylation sites is 1. The molecule has 2 aromatic rings. The Morgan fingerprint density at radius 3 is 2.92 bits per heavy atom. The molecule has 1 aromatic heterocycles. The summed E-state index contributed by atoms with van der Waals surface area (Å²) in [5, 5.41) is 8.12. The zero-order valence-corrected chi connectivity index (χ0v) is 14.2. The first-order chi connectivity index (χ1) is 12.7. The molecule has 3 aliphatic rings. The van der Waals surface area contributed by atoms with E-state index in [9.17, 15) is 9.59 Å². The Balaban J connectivity index is 1.42. The molecule has 0 radical (unpaired) electrons. The molecule has 0 aliphatic carbocycles. The highest BCUT2D eigenvalue weighted by atomic mass is 16.5.